The fourth-order valence-electron chi connectivity index (χ4n) is 3.36. The number of benzene rings is 2. The second-order valence-electron chi connectivity index (χ2n) is 7.20. The molecule has 1 aromatic heterocycles. The third-order valence-electron chi connectivity index (χ3n) is 5.01. The molecule has 0 N–H and O–H groups in total. The Balaban J connectivity index is 1.46. The Morgan fingerprint density at radius 2 is 2.00 bits per heavy atom. The van der Waals surface area contributed by atoms with Gasteiger partial charge in [0.1, 0.15) is 11.6 Å². The number of hydrogen-bond acceptors (Lipinski definition) is 6. The summed E-state index contributed by atoms with van der Waals surface area (Å²) in [6, 6.07) is 11.5. The summed E-state index contributed by atoms with van der Waals surface area (Å²) in [6.45, 7) is 4.63. The number of fused-ring (bicyclic) bond motifs is 1. The Kier molecular flexibility index (Phi) is 7.49. The lowest BCUT2D eigenvalue weighted by Gasteiger charge is -2.27. The number of thiazole rings is 1. The molecule has 0 aliphatic carbocycles. The molecule has 0 atom stereocenters. The number of amides is 1. The molecule has 0 bridgehead atoms. The molecule has 0 unspecified atom stereocenters. The van der Waals surface area contributed by atoms with E-state index in [1.807, 2.05) is 18.2 Å². The minimum absolute atomic E-state index is 0.136. The van der Waals surface area contributed by atoms with E-state index < -0.39 is 0 Å². The van der Waals surface area contributed by atoms with Crippen molar-refractivity contribution in [3.8, 4) is 5.75 Å². The van der Waals surface area contributed by atoms with E-state index in [0.29, 0.717) is 17.4 Å². The molecule has 3 aromatic rings. The van der Waals surface area contributed by atoms with Crippen molar-refractivity contribution in [3.05, 3.63) is 52.8 Å². The van der Waals surface area contributed by atoms with Gasteiger partial charge in [0.15, 0.2) is 11.7 Å². The highest BCUT2D eigenvalue weighted by atomic mass is 79.9. The molecule has 6 nitrogen and oxygen atoms in total. The van der Waals surface area contributed by atoms with E-state index in [2.05, 4.69) is 25.8 Å². The third kappa shape index (κ3) is 6.00. The van der Waals surface area contributed by atoms with Gasteiger partial charge < -0.3 is 9.47 Å². The Labute approximate surface area is 192 Å². The number of hydrogen-bond donors (Lipinski definition) is 0. The number of nitrogens with zero attached hydrogens (tertiary/aromatic N) is 3. The van der Waals surface area contributed by atoms with Crippen LogP contribution >= 0.6 is 27.3 Å². The van der Waals surface area contributed by atoms with Crippen LogP contribution in [0.3, 0.4) is 0 Å². The van der Waals surface area contributed by atoms with Gasteiger partial charge in [-0.2, -0.15) is 0 Å². The van der Waals surface area contributed by atoms with Crippen molar-refractivity contribution in [2.24, 2.45) is 0 Å². The molecule has 0 saturated carbocycles. The van der Waals surface area contributed by atoms with Crippen molar-refractivity contribution in [2.75, 3.05) is 50.9 Å². The summed E-state index contributed by atoms with van der Waals surface area (Å²) in [5.41, 5.74) is 0.855. The number of carbonyl (C=O) groups is 1. The third-order valence-corrected chi connectivity index (χ3v) is 6.54. The summed E-state index contributed by atoms with van der Waals surface area (Å²) in [6.07, 6.45) is 0.821. The van der Waals surface area contributed by atoms with Crippen LogP contribution in [0.25, 0.3) is 10.2 Å². The number of anilines is 1. The predicted molar refractivity (Wildman–Crippen MR) is 123 cm³/mol. The minimum Gasteiger partial charge on any atom is -0.484 e. The molecule has 1 saturated heterocycles. The highest BCUT2D eigenvalue weighted by Gasteiger charge is 2.21. The van der Waals surface area contributed by atoms with Gasteiger partial charge in [-0.15, -0.1) is 0 Å². The standard InChI is InChI=1S/C22H23BrFN3O3S/c23-16-2-7-19-20(14-16)31-22(25-19)27(9-1-8-26-10-12-29-13-11-26)21(28)15-30-18-5-3-17(24)4-6-18/h2-7,14H,1,8-13,15H2. The molecular formula is C22H23BrFN3O3S. The van der Waals surface area contributed by atoms with Crippen LogP contribution in [0, 0.1) is 5.82 Å². The maximum atomic E-state index is 13.1. The first-order valence-electron chi connectivity index (χ1n) is 10.1. The van der Waals surface area contributed by atoms with E-state index in [9.17, 15) is 9.18 Å². The number of rotatable bonds is 8. The molecule has 0 spiro atoms. The van der Waals surface area contributed by atoms with Crippen LogP contribution in [0.5, 0.6) is 5.75 Å². The minimum atomic E-state index is -0.343. The van der Waals surface area contributed by atoms with Gasteiger partial charge in [-0.3, -0.25) is 14.6 Å². The normalized spacial score (nSPS) is 14.6. The number of carbonyl (C=O) groups excluding carboxylic acids is 1. The van der Waals surface area contributed by atoms with Crippen molar-refractivity contribution in [1.82, 2.24) is 9.88 Å². The second kappa shape index (κ2) is 10.5. The summed E-state index contributed by atoms with van der Waals surface area (Å²) in [5.74, 6) is -0.0651. The average molecular weight is 508 g/mol. The molecule has 9 heteroatoms. The monoisotopic (exact) mass is 507 g/mol. The van der Waals surface area contributed by atoms with Crippen molar-refractivity contribution in [2.45, 2.75) is 6.42 Å². The Bertz CT molecular complexity index is 1020. The maximum absolute atomic E-state index is 13.1. The highest BCUT2D eigenvalue weighted by molar-refractivity contribution is 9.10. The van der Waals surface area contributed by atoms with Crippen molar-refractivity contribution in [3.63, 3.8) is 0 Å². The molecule has 31 heavy (non-hydrogen) atoms. The lowest BCUT2D eigenvalue weighted by atomic mass is 10.3. The second-order valence-corrected chi connectivity index (χ2v) is 9.13. The van der Waals surface area contributed by atoms with E-state index in [1.54, 1.807) is 4.90 Å². The molecule has 164 valence electrons. The van der Waals surface area contributed by atoms with Crippen LogP contribution in [0.1, 0.15) is 6.42 Å². The van der Waals surface area contributed by atoms with Gasteiger partial charge in [0, 0.05) is 30.7 Å². The first-order valence-corrected chi connectivity index (χ1v) is 11.7. The first-order chi connectivity index (χ1) is 15.1. The topological polar surface area (TPSA) is 54.9 Å². The highest BCUT2D eigenvalue weighted by Crippen LogP contribution is 2.31. The van der Waals surface area contributed by atoms with E-state index >= 15 is 0 Å². The molecule has 1 amide bonds. The van der Waals surface area contributed by atoms with Gasteiger partial charge in [0.25, 0.3) is 5.91 Å². The van der Waals surface area contributed by atoms with Gasteiger partial charge in [-0.1, -0.05) is 27.3 Å². The van der Waals surface area contributed by atoms with E-state index in [-0.39, 0.29) is 18.3 Å². The van der Waals surface area contributed by atoms with Crippen LogP contribution in [0.2, 0.25) is 0 Å². The molecule has 1 aliphatic heterocycles. The fraction of sp³-hybridized carbons (Fsp3) is 0.364. The number of ether oxygens (including phenoxy) is 2. The zero-order valence-electron chi connectivity index (χ0n) is 16.9. The first kappa shape index (κ1) is 22.1. The smallest absolute Gasteiger partial charge is 0.266 e. The van der Waals surface area contributed by atoms with Crippen LogP contribution < -0.4 is 9.64 Å². The Morgan fingerprint density at radius 1 is 1.23 bits per heavy atom. The maximum Gasteiger partial charge on any atom is 0.266 e. The van der Waals surface area contributed by atoms with Gasteiger partial charge in [0.2, 0.25) is 0 Å². The van der Waals surface area contributed by atoms with Crippen molar-refractivity contribution < 1.29 is 18.7 Å². The molecule has 1 fully saturated rings. The number of halogens is 2. The zero-order valence-corrected chi connectivity index (χ0v) is 19.3. The fourth-order valence-corrected chi connectivity index (χ4v) is 4.92. The van der Waals surface area contributed by atoms with Crippen LogP contribution in [0.4, 0.5) is 9.52 Å². The molecule has 1 aliphatic rings. The summed E-state index contributed by atoms with van der Waals surface area (Å²) in [7, 11) is 0. The van der Waals surface area contributed by atoms with Crippen LogP contribution in [-0.4, -0.2) is 61.8 Å². The van der Waals surface area contributed by atoms with Gasteiger partial charge in [0.05, 0.1) is 23.4 Å². The summed E-state index contributed by atoms with van der Waals surface area (Å²) < 4.78 is 26.1. The summed E-state index contributed by atoms with van der Waals surface area (Å²) in [5, 5.41) is 0.655. The van der Waals surface area contributed by atoms with Crippen molar-refractivity contribution >= 4 is 48.5 Å². The molecule has 2 aromatic carbocycles. The molecule has 2 heterocycles. The molecule has 0 radical (unpaired) electrons. The molecule has 4 rings (SSSR count). The van der Waals surface area contributed by atoms with E-state index in [0.717, 1.165) is 54.0 Å². The SMILES string of the molecule is O=C(COc1ccc(F)cc1)N(CCCN1CCOCC1)c1nc2ccc(Br)cc2s1. The quantitative estimate of drug-likeness (QED) is 0.454. The molecular weight excluding hydrogens is 485 g/mol. The van der Waals surface area contributed by atoms with Crippen LogP contribution in [0.15, 0.2) is 46.9 Å². The lowest BCUT2D eigenvalue weighted by molar-refractivity contribution is -0.120. The Morgan fingerprint density at radius 3 is 2.77 bits per heavy atom. The average Bonchev–Trinajstić information content (AvgIpc) is 3.19. The number of morpholine rings is 1. The summed E-state index contributed by atoms with van der Waals surface area (Å²) >= 11 is 4.97. The number of aromatic nitrogens is 1. The largest absolute Gasteiger partial charge is 0.484 e. The van der Waals surface area contributed by atoms with Gasteiger partial charge in [-0.05, 0) is 48.9 Å². The van der Waals surface area contributed by atoms with E-state index in [4.69, 9.17) is 9.47 Å². The lowest BCUT2D eigenvalue weighted by Crippen LogP contribution is -2.40. The van der Waals surface area contributed by atoms with Crippen molar-refractivity contribution in [1.29, 1.82) is 0 Å². The summed E-state index contributed by atoms with van der Waals surface area (Å²) in [4.78, 5) is 21.8. The Hall–Kier alpha value is -2.07. The predicted octanol–water partition coefficient (Wildman–Crippen LogP) is 4.33. The van der Waals surface area contributed by atoms with Gasteiger partial charge >= 0.3 is 0 Å². The zero-order chi connectivity index (χ0) is 21.6. The van der Waals surface area contributed by atoms with Crippen LogP contribution in [-0.2, 0) is 9.53 Å². The van der Waals surface area contributed by atoms with Gasteiger partial charge in [-0.25, -0.2) is 9.37 Å². The van der Waals surface area contributed by atoms with E-state index in [1.165, 1.54) is 35.6 Å².